The van der Waals surface area contributed by atoms with Crippen molar-refractivity contribution in [3.05, 3.63) is 88.5 Å². The van der Waals surface area contributed by atoms with Gasteiger partial charge in [-0.25, -0.2) is 4.98 Å². The lowest BCUT2D eigenvalue weighted by atomic mass is 10.1. The molecule has 6 rings (SSSR count). The highest BCUT2D eigenvalue weighted by atomic mass is 16.7. The monoisotopic (exact) mass is 453 g/mol. The molecule has 1 spiro atoms. The quantitative estimate of drug-likeness (QED) is 0.473. The number of aryl methyl sites for hydroxylation is 1. The number of benzene rings is 3. The SMILES string of the molecule is Cc1nc2ccccc2c(=O)n1-c1ccc(C(=O)Nc2ccc3c(c2)OC2(CCCC2)O3)cc1. The van der Waals surface area contributed by atoms with Crippen molar-refractivity contribution in [2.45, 2.75) is 38.4 Å². The number of carbonyl (C=O) groups is 1. The van der Waals surface area contributed by atoms with Gasteiger partial charge in [0.1, 0.15) is 5.82 Å². The van der Waals surface area contributed by atoms with Crippen molar-refractivity contribution < 1.29 is 14.3 Å². The topological polar surface area (TPSA) is 82.5 Å². The lowest BCUT2D eigenvalue weighted by molar-refractivity contribution is -0.0716. The van der Waals surface area contributed by atoms with Crippen molar-refractivity contribution >= 4 is 22.5 Å². The number of nitrogens with one attached hydrogen (secondary N) is 1. The molecule has 1 fully saturated rings. The first-order valence-corrected chi connectivity index (χ1v) is 11.4. The lowest BCUT2D eigenvalue weighted by Gasteiger charge is -2.21. The number of fused-ring (bicyclic) bond motifs is 2. The Morgan fingerprint density at radius 2 is 1.71 bits per heavy atom. The second kappa shape index (κ2) is 7.73. The first kappa shape index (κ1) is 20.5. The van der Waals surface area contributed by atoms with Gasteiger partial charge in [0, 0.05) is 30.2 Å². The Hall–Kier alpha value is -4.13. The summed E-state index contributed by atoms with van der Waals surface area (Å²) in [4.78, 5) is 30.4. The number of para-hydroxylation sites is 1. The van der Waals surface area contributed by atoms with E-state index in [-0.39, 0.29) is 11.5 Å². The van der Waals surface area contributed by atoms with Gasteiger partial charge in [0.25, 0.3) is 17.3 Å². The molecule has 2 aliphatic rings. The molecule has 1 aliphatic heterocycles. The highest BCUT2D eigenvalue weighted by molar-refractivity contribution is 6.04. The maximum absolute atomic E-state index is 13.0. The van der Waals surface area contributed by atoms with E-state index in [1.807, 2.05) is 30.3 Å². The van der Waals surface area contributed by atoms with Gasteiger partial charge in [-0.3, -0.25) is 14.2 Å². The third-order valence-electron chi connectivity index (χ3n) is 6.49. The summed E-state index contributed by atoms with van der Waals surface area (Å²) in [6, 6.07) is 19.6. The summed E-state index contributed by atoms with van der Waals surface area (Å²) in [5, 5.41) is 3.47. The maximum Gasteiger partial charge on any atom is 0.265 e. The number of hydrogen-bond acceptors (Lipinski definition) is 5. The van der Waals surface area contributed by atoms with E-state index in [1.165, 1.54) is 0 Å². The molecule has 0 atom stereocenters. The highest BCUT2D eigenvalue weighted by Crippen LogP contribution is 2.47. The van der Waals surface area contributed by atoms with Gasteiger partial charge in [-0.2, -0.15) is 0 Å². The number of hydrogen-bond donors (Lipinski definition) is 1. The Morgan fingerprint density at radius 3 is 2.50 bits per heavy atom. The smallest absolute Gasteiger partial charge is 0.265 e. The Balaban J connectivity index is 1.23. The molecule has 170 valence electrons. The number of rotatable bonds is 3. The number of aromatic nitrogens is 2. The summed E-state index contributed by atoms with van der Waals surface area (Å²) in [6.45, 7) is 1.80. The van der Waals surface area contributed by atoms with Crippen molar-refractivity contribution in [2.24, 2.45) is 0 Å². The highest BCUT2D eigenvalue weighted by Gasteiger charge is 2.44. The van der Waals surface area contributed by atoms with Crippen molar-refractivity contribution in [1.82, 2.24) is 9.55 Å². The van der Waals surface area contributed by atoms with Crippen molar-refractivity contribution in [1.29, 1.82) is 0 Å². The molecule has 0 radical (unpaired) electrons. The molecule has 1 N–H and O–H groups in total. The molecule has 0 bridgehead atoms. The van der Waals surface area contributed by atoms with Crippen LogP contribution in [0.25, 0.3) is 16.6 Å². The second-order valence-corrected chi connectivity index (χ2v) is 8.80. The normalized spacial score (nSPS) is 15.7. The van der Waals surface area contributed by atoms with Gasteiger partial charge in [0.15, 0.2) is 11.5 Å². The van der Waals surface area contributed by atoms with Gasteiger partial charge in [0.2, 0.25) is 0 Å². The van der Waals surface area contributed by atoms with E-state index in [4.69, 9.17) is 9.47 Å². The molecule has 7 nitrogen and oxygen atoms in total. The second-order valence-electron chi connectivity index (χ2n) is 8.80. The van der Waals surface area contributed by atoms with E-state index in [1.54, 1.807) is 47.9 Å². The van der Waals surface area contributed by atoms with Crippen LogP contribution < -0.4 is 20.3 Å². The van der Waals surface area contributed by atoms with Gasteiger partial charge in [-0.15, -0.1) is 0 Å². The van der Waals surface area contributed by atoms with Crippen LogP contribution in [0.15, 0.2) is 71.5 Å². The summed E-state index contributed by atoms with van der Waals surface area (Å²) in [5.41, 5.74) is 2.30. The Labute approximate surface area is 196 Å². The minimum Gasteiger partial charge on any atom is -0.448 e. The predicted molar refractivity (Wildman–Crippen MR) is 129 cm³/mol. The Morgan fingerprint density at radius 1 is 0.971 bits per heavy atom. The first-order valence-electron chi connectivity index (χ1n) is 11.4. The average molecular weight is 453 g/mol. The number of anilines is 1. The molecule has 0 saturated heterocycles. The first-order chi connectivity index (χ1) is 16.5. The molecule has 4 aromatic rings. The molecule has 1 amide bonds. The number of amides is 1. The van der Waals surface area contributed by atoms with Gasteiger partial charge >= 0.3 is 0 Å². The average Bonchev–Trinajstić information content (AvgIpc) is 3.44. The summed E-state index contributed by atoms with van der Waals surface area (Å²) < 4.78 is 13.7. The van der Waals surface area contributed by atoms with Crippen LogP contribution in [0.4, 0.5) is 5.69 Å². The summed E-state index contributed by atoms with van der Waals surface area (Å²) in [6.07, 6.45) is 3.94. The van der Waals surface area contributed by atoms with Gasteiger partial charge in [-0.05, 0) is 68.3 Å². The zero-order valence-electron chi connectivity index (χ0n) is 18.7. The number of carbonyl (C=O) groups excluding carboxylic acids is 1. The fraction of sp³-hybridized carbons (Fsp3) is 0.222. The Bertz CT molecular complexity index is 1480. The van der Waals surface area contributed by atoms with E-state index in [9.17, 15) is 9.59 Å². The molecular formula is C27H23N3O4. The van der Waals surface area contributed by atoms with Crippen LogP contribution >= 0.6 is 0 Å². The number of ether oxygens (including phenoxy) is 2. The van der Waals surface area contributed by atoms with Crippen molar-refractivity contribution in [3.8, 4) is 17.2 Å². The largest absolute Gasteiger partial charge is 0.448 e. The van der Waals surface area contributed by atoms with Crippen LogP contribution in [-0.2, 0) is 0 Å². The van der Waals surface area contributed by atoms with Gasteiger partial charge in [0.05, 0.1) is 16.6 Å². The van der Waals surface area contributed by atoms with Gasteiger partial charge in [-0.1, -0.05) is 12.1 Å². The summed E-state index contributed by atoms with van der Waals surface area (Å²) in [7, 11) is 0. The molecule has 0 unspecified atom stereocenters. The maximum atomic E-state index is 13.0. The zero-order chi connectivity index (χ0) is 23.3. The van der Waals surface area contributed by atoms with Crippen molar-refractivity contribution in [3.63, 3.8) is 0 Å². The van der Waals surface area contributed by atoms with Crippen LogP contribution in [0.2, 0.25) is 0 Å². The van der Waals surface area contributed by atoms with Crippen LogP contribution in [-0.4, -0.2) is 21.2 Å². The fourth-order valence-electron chi connectivity index (χ4n) is 4.80. The van der Waals surface area contributed by atoms with Crippen molar-refractivity contribution in [2.75, 3.05) is 5.32 Å². The molecule has 1 saturated carbocycles. The van der Waals surface area contributed by atoms with Crippen LogP contribution in [0.1, 0.15) is 41.9 Å². The minimum absolute atomic E-state index is 0.138. The third kappa shape index (κ3) is 3.41. The zero-order valence-corrected chi connectivity index (χ0v) is 18.7. The van der Waals surface area contributed by atoms with E-state index >= 15 is 0 Å². The standard InChI is InChI=1S/C27H23N3O4/c1-17-28-22-7-3-2-6-21(22)26(32)30(17)20-11-8-18(9-12-20)25(31)29-19-10-13-23-24(16-19)34-27(33-23)14-4-5-15-27/h2-3,6-13,16H,4-5,14-15H2,1H3,(H,29,31). The van der Waals surface area contributed by atoms with E-state index in [2.05, 4.69) is 10.3 Å². The molecule has 34 heavy (non-hydrogen) atoms. The number of nitrogens with zero attached hydrogens (tertiary/aromatic N) is 2. The predicted octanol–water partition coefficient (Wildman–Crippen LogP) is 4.99. The minimum atomic E-state index is -0.533. The van der Waals surface area contributed by atoms with E-state index in [0.717, 1.165) is 25.7 Å². The third-order valence-corrected chi connectivity index (χ3v) is 6.49. The summed E-state index contributed by atoms with van der Waals surface area (Å²) >= 11 is 0. The molecule has 2 heterocycles. The molecule has 1 aliphatic carbocycles. The molecular weight excluding hydrogens is 430 g/mol. The van der Waals surface area contributed by atoms with Crippen LogP contribution in [0, 0.1) is 6.92 Å². The van der Waals surface area contributed by atoms with E-state index in [0.29, 0.717) is 45.2 Å². The van der Waals surface area contributed by atoms with Gasteiger partial charge < -0.3 is 14.8 Å². The fourth-order valence-corrected chi connectivity index (χ4v) is 4.80. The summed E-state index contributed by atoms with van der Waals surface area (Å²) in [5.74, 6) is 1.18. The van der Waals surface area contributed by atoms with E-state index < -0.39 is 5.79 Å². The Kier molecular flexibility index (Phi) is 4.65. The van der Waals surface area contributed by atoms with Crippen LogP contribution in [0.5, 0.6) is 11.5 Å². The molecule has 1 aromatic heterocycles. The lowest BCUT2D eigenvalue weighted by Crippen LogP contribution is -2.34. The van der Waals surface area contributed by atoms with Crippen LogP contribution in [0.3, 0.4) is 0 Å². The molecule has 7 heteroatoms. The molecule has 3 aromatic carbocycles.